The van der Waals surface area contributed by atoms with Gasteiger partial charge in [-0.05, 0) is 5.53 Å². The highest BCUT2D eigenvalue weighted by Gasteiger charge is 1.90. The van der Waals surface area contributed by atoms with E-state index in [1.807, 2.05) is 0 Å². The van der Waals surface area contributed by atoms with Crippen LogP contribution in [0.2, 0.25) is 0 Å². The Morgan fingerprint density at radius 3 is 3.00 bits per heavy atom. The van der Waals surface area contributed by atoms with Gasteiger partial charge in [-0.25, -0.2) is 0 Å². The number of nitrogens with zero attached hydrogens (tertiary/aromatic N) is 4. The first-order valence-electron chi connectivity index (χ1n) is 3.36. The van der Waals surface area contributed by atoms with Crippen molar-refractivity contribution in [3.05, 3.63) is 10.4 Å². The average molecular weight is 169 g/mol. The summed E-state index contributed by atoms with van der Waals surface area (Å²) in [5.74, 6) is 0. The van der Waals surface area contributed by atoms with E-state index in [2.05, 4.69) is 20.6 Å². The van der Waals surface area contributed by atoms with E-state index < -0.39 is 0 Å². The van der Waals surface area contributed by atoms with Crippen LogP contribution < -0.4 is 11.2 Å². The molecule has 66 valence electrons. The summed E-state index contributed by atoms with van der Waals surface area (Å²) in [7, 11) is 0. The van der Waals surface area contributed by atoms with E-state index >= 15 is 0 Å². The lowest BCUT2D eigenvalue weighted by Crippen LogP contribution is -2.20. The molecule has 0 saturated heterocycles. The molecule has 0 saturated carbocycles. The highest BCUT2D eigenvalue weighted by atomic mass is 15.3. The largest absolute Gasteiger partial charge is 0.329 e. The summed E-state index contributed by atoms with van der Waals surface area (Å²) in [6.45, 7) is 1.08. The van der Waals surface area contributed by atoms with Gasteiger partial charge in [0, 0.05) is 24.2 Å². The Labute approximate surface area is 69.8 Å². The Morgan fingerprint density at radius 2 is 2.50 bits per heavy atom. The van der Waals surface area contributed by atoms with Crippen LogP contribution in [0, 0.1) is 5.41 Å². The fourth-order valence-electron chi connectivity index (χ4n) is 0.439. The first-order valence-corrected chi connectivity index (χ1v) is 3.36. The second-order valence-corrected chi connectivity index (χ2v) is 1.83. The number of hydrogen-bond donors (Lipinski definition) is 3. The molecule has 0 atom stereocenters. The standard InChI is InChI=1S/C5H11N7/c6-1-2-9-11-5(3-7)4-10-12-8/h3,7,9H,1-2,4,6H2/b7-3?,11-5+. The van der Waals surface area contributed by atoms with Gasteiger partial charge in [-0.3, -0.25) is 0 Å². The molecule has 0 spiro atoms. The van der Waals surface area contributed by atoms with Gasteiger partial charge in [-0.15, -0.1) is 0 Å². The van der Waals surface area contributed by atoms with Crippen molar-refractivity contribution < 1.29 is 0 Å². The Balaban J connectivity index is 3.86. The van der Waals surface area contributed by atoms with Gasteiger partial charge in [0.1, 0.15) is 0 Å². The summed E-state index contributed by atoms with van der Waals surface area (Å²) in [6, 6.07) is 0. The van der Waals surface area contributed by atoms with Gasteiger partial charge < -0.3 is 16.6 Å². The molecule has 0 aromatic heterocycles. The molecule has 4 N–H and O–H groups in total. The molecule has 7 nitrogen and oxygen atoms in total. The topological polar surface area (TPSA) is 123 Å². The number of hydrogen-bond acceptors (Lipinski definition) is 5. The van der Waals surface area contributed by atoms with Crippen LogP contribution in [0.25, 0.3) is 10.4 Å². The molecule has 0 unspecified atom stereocenters. The minimum atomic E-state index is 0.0809. The molecule has 0 amide bonds. The van der Waals surface area contributed by atoms with Crippen LogP contribution in [0.3, 0.4) is 0 Å². The van der Waals surface area contributed by atoms with E-state index in [4.69, 9.17) is 16.7 Å². The number of rotatable bonds is 6. The molecule has 0 bridgehead atoms. The van der Waals surface area contributed by atoms with E-state index in [-0.39, 0.29) is 6.54 Å². The van der Waals surface area contributed by atoms with E-state index in [1.165, 1.54) is 0 Å². The van der Waals surface area contributed by atoms with Crippen molar-refractivity contribution >= 4 is 11.9 Å². The second kappa shape index (κ2) is 7.52. The van der Waals surface area contributed by atoms with Crippen LogP contribution in [-0.4, -0.2) is 31.6 Å². The molecule has 0 radical (unpaired) electrons. The van der Waals surface area contributed by atoms with Gasteiger partial charge in [-0.2, -0.15) is 5.10 Å². The van der Waals surface area contributed by atoms with Crippen molar-refractivity contribution in [2.45, 2.75) is 0 Å². The van der Waals surface area contributed by atoms with E-state index in [9.17, 15) is 0 Å². The molecular weight excluding hydrogens is 158 g/mol. The van der Waals surface area contributed by atoms with Crippen LogP contribution >= 0.6 is 0 Å². The zero-order valence-corrected chi connectivity index (χ0v) is 6.56. The molecular formula is C5H11N7. The molecule has 0 aliphatic carbocycles. The zero-order valence-electron chi connectivity index (χ0n) is 6.56. The second-order valence-electron chi connectivity index (χ2n) is 1.83. The maximum absolute atomic E-state index is 7.97. The Morgan fingerprint density at radius 1 is 1.75 bits per heavy atom. The number of nitrogens with two attached hydrogens (primary N) is 1. The van der Waals surface area contributed by atoms with Crippen LogP contribution in [-0.2, 0) is 0 Å². The third-order valence-corrected chi connectivity index (χ3v) is 0.941. The van der Waals surface area contributed by atoms with Gasteiger partial charge in [0.15, 0.2) is 0 Å². The third-order valence-electron chi connectivity index (χ3n) is 0.941. The molecule has 0 aromatic rings. The molecule has 12 heavy (non-hydrogen) atoms. The van der Waals surface area contributed by atoms with E-state index in [1.54, 1.807) is 0 Å². The summed E-state index contributed by atoms with van der Waals surface area (Å²) >= 11 is 0. The first kappa shape index (κ1) is 10.4. The van der Waals surface area contributed by atoms with Crippen LogP contribution in [0.4, 0.5) is 0 Å². The molecule has 0 aliphatic heterocycles. The van der Waals surface area contributed by atoms with Crippen LogP contribution in [0.5, 0.6) is 0 Å². The van der Waals surface area contributed by atoms with Crippen LogP contribution in [0.15, 0.2) is 10.2 Å². The molecule has 7 heteroatoms. The quantitative estimate of drug-likeness (QED) is 0.128. The Kier molecular flexibility index (Phi) is 6.52. The van der Waals surface area contributed by atoms with E-state index in [0.717, 1.165) is 6.21 Å². The molecule has 0 aromatic carbocycles. The SMILES string of the molecule is [N-]=[N+]=NC/C(C=N)=N/NCCN. The molecule has 0 fully saturated rings. The lowest BCUT2D eigenvalue weighted by molar-refractivity contribution is 0.740. The normalized spacial score (nSPS) is 10.2. The van der Waals surface area contributed by atoms with Gasteiger partial charge in [0.25, 0.3) is 0 Å². The zero-order chi connectivity index (χ0) is 9.23. The predicted octanol–water partition coefficient (Wildman–Crippen LogP) is -0.149. The predicted molar refractivity (Wildman–Crippen MR) is 47.3 cm³/mol. The lowest BCUT2D eigenvalue weighted by atomic mass is 10.4. The molecule has 0 aliphatic rings. The lowest BCUT2D eigenvalue weighted by Gasteiger charge is -1.97. The van der Waals surface area contributed by atoms with Crippen molar-refractivity contribution in [1.29, 1.82) is 5.41 Å². The van der Waals surface area contributed by atoms with Crippen molar-refractivity contribution in [3.8, 4) is 0 Å². The van der Waals surface area contributed by atoms with Crippen molar-refractivity contribution in [2.24, 2.45) is 15.9 Å². The highest BCUT2D eigenvalue weighted by Crippen LogP contribution is 1.76. The first-order chi connectivity index (χ1) is 5.85. The van der Waals surface area contributed by atoms with Gasteiger partial charge in [-0.1, -0.05) is 5.11 Å². The number of azide groups is 1. The van der Waals surface area contributed by atoms with Gasteiger partial charge >= 0.3 is 0 Å². The summed E-state index contributed by atoms with van der Waals surface area (Å²) in [4.78, 5) is 2.54. The maximum Gasteiger partial charge on any atom is 0.0836 e. The van der Waals surface area contributed by atoms with E-state index in [0.29, 0.717) is 18.8 Å². The Bertz CT molecular complexity index is 202. The fourth-order valence-corrected chi connectivity index (χ4v) is 0.439. The average Bonchev–Trinajstić information content (AvgIpc) is 2.11. The third kappa shape index (κ3) is 5.21. The maximum atomic E-state index is 7.97. The highest BCUT2D eigenvalue weighted by molar-refractivity contribution is 6.30. The summed E-state index contributed by atoms with van der Waals surface area (Å²) < 4.78 is 0. The summed E-state index contributed by atoms with van der Waals surface area (Å²) in [6.07, 6.45) is 1.03. The summed E-state index contributed by atoms with van der Waals surface area (Å²) in [5, 5.41) is 13.9. The van der Waals surface area contributed by atoms with Crippen LogP contribution in [0.1, 0.15) is 0 Å². The number of hydrazone groups is 1. The Hall–Kier alpha value is -1.59. The van der Waals surface area contributed by atoms with Crippen molar-refractivity contribution in [1.82, 2.24) is 5.43 Å². The monoisotopic (exact) mass is 169 g/mol. The van der Waals surface area contributed by atoms with Crippen molar-refractivity contribution in [2.75, 3.05) is 19.6 Å². The summed E-state index contributed by atoms with van der Waals surface area (Å²) in [5.41, 5.74) is 16.2. The smallest absolute Gasteiger partial charge is 0.0836 e. The molecule has 0 heterocycles. The molecule has 0 rings (SSSR count). The number of nitrogens with one attached hydrogen (secondary N) is 2. The minimum absolute atomic E-state index is 0.0809. The van der Waals surface area contributed by atoms with Crippen molar-refractivity contribution in [3.63, 3.8) is 0 Å². The fraction of sp³-hybridized carbons (Fsp3) is 0.600. The van der Waals surface area contributed by atoms with Gasteiger partial charge in [0.2, 0.25) is 0 Å². The van der Waals surface area contributed by atoms with Gasteiger partial charge in [0.05, 0.1) is 12.3 Å². The minimum Gasteiger partial charge on any atom is -0.329 e.